The highest BCUT2D eigenvalue weighted by atomic mass is 32.2. The number of ether oxygens (including phenoxy) is 1. The first-order valence-corrected chi connectivity index (χ1v) is 10.5. The van der Waals surface area contributed by atoms with Gasteiger partial charge in [0.1, 0.15) is 5.25 Å². The van der Waals surface area contributed by atoms with Gasteiger partial charge in [-0.15, -0.1) is 0 Å². The second-order valence-corrected chi connectivity index (χ2v) is 9.13. The van der Waals surface area contributed by atoms with Crippen LogP contribution in [0.3, 0.4) is 0 Å². The summed E-state index contributed by atoms with van der Waals surface area (Å²) in [7, 11) is -3.41. The summed E-state index contributed by atoms with van der Waals surface area (Å²) >= 11 is 0. The number of morpholine rings is 1. The third kappa shape index (κ3) is 2.91. The summed E-state index contributed by atoms with van der Waals surface area (Å²) < 4.78 is 33.5. The molecule has 0 bridgehead atoms. The zero-order valence-corrected chi connectivity index (χ0v) is 15.6. The average Bonchev–Trinajstić information content (AvgIpc) is 3.19. The molecule has 2 N–H and O–H groups in total. The molecule has 2 fully saturated rings. The van der Waals surface area contributed by atoms with E-state index in [1.54, 1.807) is 4.31 Å². The summed E-state index contributed by atoms with van der Waals surface area (Å²) in [5, 5.41) is -0.461. The van der Waals surface area contributed by atoms with Gasteiger partial charge in [-0.2, -0.15) is 0 Å². The summed E-state index contributed by atoms with van der Waals surface area (Å²) in [4.78, 5) is 2.30. The Morgan fingerprint density at radius 2 is 1.76 bits per heavy atom. The minimum absolute atomic E-state index is 0.114. The van der Waals surface area contributed by atoms with E-state index in [2.05, 4.69) is 21.8 Å². The topological polar surface area (TPSA) is 73.9 Å². The van der Waals surface area contributed by atoms with Crippen LogP contribution in [0.5, 0.6) is 0 Å². The van der Waals surface area contributed by atoms with Gasteiger partial charge in [-0.1, -0.05) is 0 Å². The van der Waals surface area contributed by atoms with Crippen molar-refractivity contribution in [2.75, 3.05) is 42.1 Å². The fourth-order valence-corrected chi connectivity index (χ4v) is 6.42. The SMILES string of the molecule is CC1NNC(C)C1S(=O)(=O)N1CCc2cc(N3CCOCC3)ccc21. The van der Waals surface area contributed by atoms with Gasteiger partial charge in [-0.25, -0.2) is 8.42 Å². The van der Waals surface area contributed by atoms with Crippen molar-refractivity contribution in [1.29, 1.82) is 0 Å². The summed E-state index contributed by atoms with van der Waals surface area (Å²) in [6.45, 7) is 7.61. The van der Waals surface area contributed by atoms with E-state index in [9.17, 15) is 8.42 Å². The molecular formula is C17H26N4O3S. The number of hydrogen-bond acceptors (Lipinski definition) is 6. The van der Waals surface area contributed by atoms with E-state index in [-0.39, 0.29) is 12.1 Å². The fraction of sp³-hybridized carbons (Fsp3) is 0.647. The van der Waals surface area contributed by atoms with E-state index < -0.39 is 15.3 Å². The molecule has 2 unspecified atom stereocenters. The first-order valence-electron chi connectivity index (χ1n) is 8.97. The summed E-state index contributed by atoms with van der Waals surface area (Å²) in [6, 6.07) is 5.92. The maximum Gasteiger partial charge on any atom is 0.241 e. The first kappa shape index (κ1) is 17.1. The third-order valence-corrected chi connectivity index (χ3v) is 7.97. The Kier molecular flexibility index (Phi) is 4.39. The average molecular weight is 366 g/mol. The lowest BCUT2D eigenvalue weighted by Crippen LogP contribution is -2.46. The number of benzene rings is 1. The predicted octanol–water partition coefficient (Wildman–Crippen LogP) is 0.469. The van der Waals surface area contributed by atoms with Gasteiger partial charge >= 0.3 is 0 Å². The Balaban J connectivity index is 1.61. The zero-order chi connectivity index (χ0) is 17.6. The molecule has 3 aliphatic rings. The molecule has 0 radical (unpaired) electrons. The van der Waals surface area contributed by atoms with Crippen LogP contribution in [0, 0.1) is 0 Å². The molecule has 2 atom stereocenters. The lowest BCUT2D eigenvalue weighted by atomic mass is 10.1. The van der Waals surface area contributed by atoms with Gasteiger partial charge in [0.05, 0.1) is 18.9 Å². The van der Waals surface area contributed by atoms with Gasteiger partial charge in [0.25, 0.3) is 0 Å². The van der Waals surface area contributed by atoms with Crippen molar-refractivity contribution in [2.45, 2.75) is 37.6 Å². The second-order valence-electron chi connectivity index (χ2n) is 7.11. The Morgan fingerprint density at radius 3 is 2.44 bits per heavy atom. The Bertz CT molecular complexity index is 738. The number of nitrogens with zero attached hydrogens (tertiary/aromatic N) is 2. The number of nitrogens with one attached hydrogen (secondary N) is 2. The molecule has 0 spiro atoms. The quantitative estimate of drug-likeness (QED) is 0.810. The summed E-state index contributed by atoms with van der Waals surface area (Å²) in [6.07, 6.45) is 0.767. The van der Waals surface area contributed by atoms with Crippen molar-refractivity contribution in [3.8, 4) is 0 Å². The Labute approximate surface area is 149 Å². The van der Waals surface area contributed by atoms with Gasteiger partial charge in [-0.05, 0) is 44.0 Å². The number of sulfonamides is 1. The molecule has 1 aromatic rings. The van der Waals surface area contributed by atoms with E-state index in [1.165, 1.54) is 0 Å². The molecule has 7 nitrogen and oxygen atoms in total. The zero-order valence-electron chi connectivity index (χ0n) is 14.7. The lowest BCUT2D eigenvalue weighted by Gasteiger charge is -2.30. The number of hydrogen-bond donors (Lipinski definition) is 2. The second kappa shape index (κ2) is 6.42. The van der Waals surface area contributed by atoms with Crippen molar-refractivity contribution in [1.82, 2.24) is 10.9 Å². The molecule has 0 aliphatic carbocycles. The van der Waals surface area contributed by atoms with E-state index in [4.69, 9.17) is 4.74 Å². The van der Waals surface area contributed by atoms with Gasteiger partial charge in [0.2, 0.25) is 10.0 Å². The molecule has 4 rings (SSSR count). The minimum Gasteiger partial charge on any atom is -0.378 e. The molecule has 0 aromatic heterocycles. The smallest absolute Gasteiger partial charge is 0.241 e. The maximum absolute atomic E-state index is 13.2. The maximum atomic E-state index is 13.2. The standard InChI is InChI=1S/C17H26N4O3S/c1-12-17(13(2)19-18-12)25(22,23)21-6-5-14-11-15(3-4-16(14)21)20-7-9-24-10-8-20/h3-4,11-13,17-19H,5-10H2,1-2H3. The first-order chi connectivity index (χ1) is 12.0. The van der Waals surface area contributed by atoms with E-state index in [0.29, 0.717) is 6.54 Å². The van der Waals surface area contributed by atoms with Gasteiger partial charge in [-0.3, -0.25) is 15.2 Å². The van der Waals surface area contributed by atoms with Crippen LogP contribution in [0.2, 0.25) is 0 Å². The predicted molar refractivity (Wildman–Crippen MR) is 98.4 cm³/mol. The van der Waals surface area contributed by atoms with Crippen molar-refractivity contribution in [2.24, 2.45) is 0 Å². The molecule has 8 heteroatoms. The van der Waals surface area contributed by atoms with Gasteiger partial charge in [0, 0.05) is 37.4 Å². The number of fused-ring (bicyclic) bond motifs is 1. The van der Waals surface area contributed by atoms with Crippen LogP contribution in [0.15, 0.2) is 18.2 Å². The third-order valence-electron chi connectivity index (χ3n) is 5.47. The summed E-state index contributed by atoms with van der Waals surface area (Å²) in [5.74, 6) is 0. The van der Waals surface area contributed by atoms with E-state index in [0.717, 1.165) is 49.7 Å². The highest BCUT2D eigenvalue weighted by molar-refractivity contribution is 7.93. The highest BCUT2D eigenvalue weighted by Gasteiger charge is 2.45. The molecule has 25 heavy (non-hydrogen) atoms. The van der Waals surface area contributed by atoms with Crippen LogP contribution in [0.4, 0.5) is 11.4 Å². The van der Waals surface area contributed by atoms with Crippen molar-refractivity contribution in [3.05, 3.63) is 23.8 Å². The largest absolute Gasteiger partial charge is 0.378 e. The molecule has 2 saturated heterocycles. The molecule has 3 aliphatic heterocycles. The van der Waals surface area contributed by atoms with Crippen LogP contribution in [-0.2, 0) is 21.2 Å². The van der Waals surface area contributed by atoms with Crippen LogP contribution in [0.1, 0.15) is 19.4 Å². The minimum atomic E-state index is -3.41. The Morgan fingerprint density at radius 1 is 1.08 bits per heavy atom. The molecule has 3 heterocycles. The van der Waals surface area contributed by atoms with Gasteiger partial charge < -0.3 is 9.64 Å². The monoisotopic (exact) mass is 366 g/mol. The van der Waals surface area contributed by atoms with Crippen LogP contribution in [-0.4, -0.2) is 58.6 Å². The number of rotatable bonds is 3. The van der Waals surface area contributed by atoms with Crippen LogP contribution < -0.4 is 20.1 Å². The van der Waals surface area contributed by atoms with Gasteiger partial charge in [0.15, 0.2) is 0 Å². The molecular weight excluding hydrogens is 340 g/mol. The van der Waals surface area contributed by atoms with Crippen molar-refractivity contribution >= 4 is 21.4 Å². The number of anilines is 2. The highest BCUT2D eigenvalue weighted by Crippen LogP contribution is 2.36. The van der Waals surface area contributed by atoms with Crippen LogP contribution in [0.25, 0.3) is 0 Å². The fourth-order valence-electron chi connectivity index (χ4n) is 4.16. The molecule has 0 amide bonds. The number of hydrazine groups is 1. The lowest BCUT2D eigenvalue weighted by molar-refractivity contribution is 0.122. The molecule has 0 saturated carbocycles. The van der Waals surface area contributed by atoms with E-state index >= 15 is 0 Å². The molecule has 138 valence electrons. The normalized spacial score (nSPS) is 29.9. The molecule has 1 aromatic carbocycles. The van der Waals surface area contributed by atoms with Crippen LogP contribution >= 0.6 is 0 Å². The summed E-state index contributed by atoms with van der Waals surface area (Å²) in [5.41, 5.74) is 9.21. The van der Waals surface area contributed by atoms with Crippen molar-refractivity contribution < 1.29 is 13.2 Å². The Hall–Kier alpha value is -1.35. The van der Waals surface area contributed by atoms with Crippen molar-refractivity contribution in [3.63, 3.8) is 0 Å². The van der Waals surface area contributed by atoms with E-state index in [1.807, 2.05) is 26.0 Å².